The number of benzene rings is 2. The number of anilines is 1. The number of hydrogen-bond acceptors (Lipinski definition) is 3. The molecule has 0 saturated carbocycles. The van der Waals surface area contributed by atoms with Crippen molar-refractivity contribution >= 4 is 28.5 Å². The van der Waals surface area contributed by atoms with Gasteiger partial charge in [0.1, 0.15) is 5.69 Å². The monoisotopic (exact) mass is 378 g/mol. The van der Waals surface area contributed by atoms with Crippen molar-refractivity contribution in [3.8, 4) is 0 Å². The molecule has 0 aliphatic carbocycles. The highest BCUT2D eigenvalue weighted by Gasteiger charge is 2.19. The third-order valence-corrected chi connectivity index (χ3v) is 4.84. The fourth-order valence-electron chi connectivity index (χ4n) is 3.40. The highest BCUT2D eigenvalue weighted by Crippen LogP contribution is 2.26. The van der Waals surface area contributed by atoms with E-state index in [9.17, 15) is 9.59 Å². The van der Waals surface area contributed by atoms with Crippen LogP contribution in [0.4, 0.5) is 5.69 Å². The number of carbonyl (C=O) groups is 2. The molecule has 2 aromatic carbocycles. The first-order valence-electron chi connectivity index (χ1n) is 9.73. The van der Waals surface area contributed by atoms with E-state index in [1.54, 1.807) is 24.3 Å². The predicted octanol–water partition coefficient (Wildman–Crippen LogP) is 5.18. The van der Waals surface area contributed by atoms with Gasteiger partial charge in [-0.05, 0) is 50.1 Å². The number of fused-ring (bicyclic) bond motifs is 1. The number of rotatable bonds is 7. The minimum Gasteiger partial charge on any atom is -0.462 e. The average Bonchev–Trinajstić information content (AvgIpc) is 3.00. The van der Waals surface area contributed by atoms with Gasteiger partial charge in [-0.3, -0.25) is 4.79 Å². The Hall–Kier alpha value is -3.08. The minimum absolute atomic E-state index is 0.188. The van der Waals surface area contributed by atoms with Gasteiger partial charge in [-0.15, -0.1) is 0 Å². The summed E-state index contributed by atoms with van der Waals surface area (Å²) in [5.74, 6) is -0.560. The van der Waals surface area contributed by atoms with Gasteiger partial charge in [0, 0.05) is 23.1 Å². The Morgan fingerprint density at radius 1 is 1.07 bits per heavy atom. The third kappa shape index (κ3) is 3.93. The van der Waals surface area contributed by atoms with Gasteiger partial charge in [0.15, 0.2) is 0 Å². The van der Waals surface area contributed by atoms with Gasteiger partial charge in [-0.1, -0.05) is 37.6 Å². The van der Waals surface area contributed by atoms with Crippen molar-refractivity contribution in [2.24, 2.45) is 0 Å². The molecule has 5 heteroatoms. The molecule has 1 amide bonds. The zero-order valence-electron chi connectivity index (χ0n) is 16.6. The third-order valence-electron chi connectivity index (χ3n) is 4.84. The van der Waals surface area contributed by atoms with Gasteiger partial charge in [-0.2, -0.15) is 0 Å². The summed E-state index contributed by atoms with van der Waals surface area (Å²) in [7, 11) is 0. The van der Waals surface area contributed by atoms with Crippen LogP contribution in [-0.2, 0) is 11.3 Å². The number of carbonyl (C=O) groups excluding carboxylic acids is 2. The number of aryl methyl sites for hydroxylation is 2. The van der Waals surface area contributed by atoms with E-state index < -0.39 is 0 Å². The highest BCUT2D eigenvalue weighted by molar-refractivity contribution is 6.08. The first-order chi connectivity index (χ1) is 13.6. The van der Waals surface area contributed by atoms with Crippen molar-refractivity contribution in [2.75, 3.05) is 11.9 Å². The van der Waals surface area contributed by atoms with Crippen LogP contribution in [0.25, 0.3) is 10.9 Å². The standard InChI is InChI=1S/C23H26N2O3/c1-4-6-14-28-23(27)17-10-9-11-18(15-17)24-22(26)21-16(3)19-12-7-8-13-20(19)25(21)5-2/h7-13,15H,4-6,14H2,1-3H3,(H,24,26). The maximum atomic E-state index is 13.0. The van der Waals surface area contributed by atoms with Crippen molar-refractivity contribution in [1.82, 2.24) is 4.57 Å². The normalized spacial score (nSPS) is 10.8. The smallest absolute Gasteiger partial charge is 0.338 e. The highest BCUT2D eigenvalue weighted by atomic mass is 16.5. The van der Waals surface area contributed by atoms with E-state index in [0.29, 0.717) is 30.1 Å². The Bertz CT molecular complexity index is 1000. The van der Waals surface area contributed by atoms with Crippen LogP contribution in [0.15, 0.2) is 48.5 Å². The number of hydrogen-bond donors (Lipinski definition) is 1. The molecule has 28 heavy (non-hydrogen) atoms. The van der Waals surface area contributed by atoms with E-state index in [2.05, 4.69) is 5.32 Å². The van der Waals surface area contributed by atoms with Gasteiger partial charge in [0.05, 0.1) is 12.2 Å². The number of amides is 1. The summed E-state index contributed by atoms with van der Waals surface area (Å²) in [6.45, 7) is 7.13. The van der Waals surface area contributed by atoms with E-state index in [1.165, 1.54) is 0 Å². The van der Waals surface area contributed by atoms with E-state index in [4.69, 9.17) is 4.74 Å². The van der Waals surface area contributed by atoms with Crippen LogP contribution in [0.2, 0.25) is 0 Å². The van der Waals surface area contributed by atoms with E-state index in [1.807, 2.05) is 49.6 Å². The zero-order chi connectivity index (χ0) is 20.1. The second-order valence-electron chi connectivity index (χ2n) is 6.76. The Balaban J connectivity index is 1.84. The minimum atomic E-state index is -0.372. The predicted molar refractivity (Wildman–Crippen MR) is 112 cm³/mol. The molecule has 3 aromatic rings. The molecule has 5 nitrogen and oxygen atoms in total. The van der Waals surface area contributed by atoms with Crippen LogP contribution in [0.5, 0.6) is 0 Å². The molecule has 3 rings (SSSR count). The molecule has 0 atom stereocenters. The van der Waals surface area contributed by atoms with Gasteiger partial charge in [0.25, 0.3) is 5.91 Å². The maximum absolute atomic E-state index is 13.0. The van der Waals surface area contributed by atoms with Crippen LogP contribution in [0, 0.1) is 6.92 Å². The summed E-state index contributed by atoms with van der Waals surface area (Å²) in [4.78, 5) is 25.2. The summed E-state index contributed by atoms with van der Waals surface area (Å²) in [6, 6.07) is 14.9. The Kier molecular flexibility index (Phi) is 6.14. The molecule has 1 heterocycles. The lowest BCUT2D eigenvalue weighted by Gasteiger charge is -2.11. The number of unbranched alkanes of at least 4 members (excludes halogenated alkanes) is 1. The van der Waals surface area contributed by atoms with Gasteiger partial charge in [0.2, 0.25) is 0 Å². The van der Waals surface area contributed by atoms with Gasteiger partial charge in [-0.25, -0.2) is 4.79 Å². The SMILES string of the molecule is CCCCOC(=O)c1cccc(NC(=O)c2c(C)c3ccccc3n2CC)c1. The second-order valence-corrected chi connectivity index (χ2v) is 6.76. The summed E-state index contributed by atoms with van der Waals surface area (Å²) in [5.41, 5.74) is 3.63. The lowest BCUT2D eigenvalue weighted by atomic mass is 10.1. The van der Waals surface area contributed by atoms with Crippen molar-refractivity contribution in [2.45, 2.75) is 40.2 Å². The fraction of sp³-hybridized carbons (Fsp3) is 0.304. The summed E-state index contributed by atoms with van der Waals surface area (Å²) in [6.07, 6.45) is 1.80. The van der Waals surface area contributed by atoms with Crippen molar-refractivity contribution in [3.63, 3.8) is 0 Å². The number of ether oxygens (including phenoxy) is 1. The average molecular weight is 378 g/mol. The molecule has 0 radical (unpaired) electrons. The molecule has 146 valence electrons. The summed E-state index contributed by atoms with van der Waals surface area (Å²) < 4.78 is 7.27. The molecular formula is C23H26N2O3. The maximum Gasteiger partial charge on any atom is 0.338 e. The van der Waals surface area contributed by atoms with Crippen LogP contribution in [-0.4, -0.2) is 23.1 Å². The molecular weight excluding hydrogens is 352 g/mol. The molecule has 1 N–H and O–H groups in total. The molecule has 0 unspecified atom stereocenters. The Morgan fingerprint density at radius 2 is 1.86 bits per heavy atom. The summed E-state index contributed by atoms with van der Waals surface area (Å²) in [5, 5.41) is 4.00. The lowest BCUT2D eigenvalue weighted by molar-refractivity contribution is 0.0499. The number of para-hydroxylation sites is 1. The number of esters is 1. The van der Waals surface area contributed by atoms with E-state index in [0.717, 1.165) is 29.3 Å². The fourth-order valence-corrected chi connectivity index (χ4v) is 3.40. The van der Waals surface area contributed by atoms with E-state index >= 15 is 0 Å². The first kappa shape index (κ1) is 19.7. The van der Waals surface area contributed by atoms with Crippen LogP contribution < -0.4 is 5.32 Å². The molecule has 1 aromatic heterocycles. The summed E-state index contributed by atoms with van der Waals surface area (Å²) >= 11 is 0. The van der Waals surface area contributed by atoms with Crippen molar-refractivity contribution in [3.05, 3.63) is 65.4 Å². The number of aromatic nitrogens is 1. The lowest BCUT2D eigenvalue weighted by Crippen LogP contribution is -2.18. The molecule has 0 aliphatic rings. The first-order valence-corrected chi connectivity index (χ1v) is 9.73. The van der Waals surface area contributed by atoms with Crippen LogP contribution in [0.1, 0.15) is 53.1 Å². The van der Waals surface area contributed by atoms with Crippen molar-refractivity contribution in [1.29, 1.82) is 0 Å². The van der Waals surface area contributed by atoms with Crippen molar-refractivity contribution < 1.29 is 14.3 Å². The van der Waals surface area contributed by atoms with Gasteiger partial charge < -0.3 is 14.6 Å². The Labute approximate surface area is 165 Å². The quantitative estimate of drug-likeness (QED) is 0.455. The second kappa shape index (κ2) is 8.74. The van der Waals surface area contributed by atoms with Crippen LogP contribution in [0.3, 0.4) is 0 Å². The topological polar surface area (TPSA) is 60.3 Å². The molecule has 0 saturated heterocycles. The van der Waals surface area contributed by atoms with E-state index in [-0.39, 0.29) is 11.9 Å². The largest absolute Gasteiger partial charge is 0.462 e. The number of nitrogens with zero attached hydrogens (tertiary/aromatic N) is 1. The Morgan fingerprint density at radius 3 is 2.61 bits per heavy atom. The zero-order valence-corrected chi connectivity index (χ0v) is 16.6. The molecule has 0 bridgehead atoms. The molecule has 0 aliphatic heterocycles. The van der Waals surface area contributed by atoms with Gasteiger partial charge >= 0.3 is 5.97 Å². The molecule has 0 fully saturated rings. The van der Waals surface area contributed by atoms with Crippen LogP contribution >= 0.6 is 0 Å². The number of nitrogens with one attached hydrogen (secondary N) is 1. The molecule has 0 spiro atoms.